The highest BCUT2D eigenvalue weighted by molar-refractivity contribution is 5.34. The van der Waals surface area contributed by atoms with E-state index in [4.69, 9.17) is 5.26 Å². The molecule has 0 saturated heterocycles. The zero-order valence-corrected chi connectivity index (χ0v) is 11.1. The third-order valence-electron chi connectivity index (χ3n) is 3.92. The van der Waals surface area contributed by atoms with Gasteiger partial charge in [-0.1, -0.05) is 19.3 Å². The van der Waals surface area contributed by atoms with Gasteiger partial charge in [-0.2, -0.15) is 5.26 Å². The number of rotatable bonds is 3. The maximum atomic E-state index is 13.7. The molecule has 1 saturated carbocycles. The summed E-state index contributed by atoms with van der Waals surface area (Å²) in [6.07, 6.45) is 5.61. The van der Waals surface area contributed by atoms with E-state index in [0.717, 1.165) is 37.8 Å². The lowest BCUT2D eigenvalue weighted by molar-refractivity contribution is 0.250. The van der Waals surface area contributed by atoms with E-state index in [-0.39, 0.29) is 23.2 Å². The van der Waals surface area contributed by atoms with Gasteiger partial charge in [0.05, 0.1) is 11.6 Å². The molecule has 1 aromatic carbocycles. The molecule has 2 nitrogen and oxygen atoms in total. The summed E-state index contributed by atoms with van der Waals surface area (Å²) in [6, 6.07) is 3.92. The van der Waals surface area contributed by atoms with Gasteiger partial charge < -0.3 is 5.32 Å². The topological polar surface area (TPSA) is 35.8 Å². The zero-order valence-electron chi connectivity index (χ0n) is 11.1. The fourth-order valence-corrected chi connectivity index (χ4v) is 2.65. The molecule has 0 heterocycles. The van der Waals surface area contributed by atoms with Gasteiger partial charge in [-0.05, 0) is 31.9 Å². The lowest BCUT2D eigenvalue weighted by atomic mass is 9.83. The summed E-state index contributed by atoms with van der Waals surface area (Å²) in [6.45, 7) is 2.27. The van der Waals surface area contributed by atoms with Crippen LogP contribution in [0, 0.1) is 23.0 Å². The molecule has 0 spiro atoms. The van der Waals surface area contributed by atoms with Crippen LogP contribution in [0.5, 0.6) is 0 Å². The molecule has 1 N–H and O–H groups in total. The van der Waals surface area contributed by atoms with Crippen molar-refractivity contribution < 1.29 is 8.78 Å². The van der Waals surface area contributed by atoms with Crippen LogP contribution in [0.3, 0.4) is 0 Å². The second-order valence-corrected chi connectivity index (χ2v) is 5.51. The fraction of sp³-hybridized carbons (Fsp3) is 0.533. The highest BCUT2D eigenvalue weighted by Crippen LogP contribution is 2.28. The van der Waals surface area contributed by atoms with Gasteiger partial charge in [0.2, 0.25) is 0 Å². The maximum Gasteiger partial charge on any atom is 0.131 e. The van der Waals surface area contributed by atoms with Gasteiger partial charge in [0.15, 0.2) is 0 Å². The molecule has 0 atom stereocenters. The summed E-state index contributed by atoms with van der Waals surface area (Å²) in [5.41, 5.74) is -0.00110. The van der Waals surface area contributed by atoms with E-state index in [9.17, 15) is 8.78 Å². The molecule has 1 aromatic rings. The Kier molecular flexibility index (Phi) is 4.16. The van der Waals surface area contributed by atoms with Crippen molar-refractivity contribution in [3.8, 4) is 6.07 Å². The lowest BCUT2D eigenvalue weighted by Gasteiger charge is -2.35. The van der Waals surface area contributed by atoms with Gasteiger partial charge in [-0.3, -0.25) is 0 Å². The van der Waals surface area contributed by atoms with Crippen LogP contribution in [0.15, 0.2) is 12.1 Å². The van der Waals surface area contributed by atoms with Crippen molar-refractivity contribution in [3.05, 3.63) is 34.9 Å². The van der Waals surface area contributed by atoms with E-state index in [1.165, 1.54) is 6.42 Å². The van der Waals surface area contributed by atoms with Gasteiger partial charge in [-0.25, -0.2) is 8.78 Å². The van der Waals surface area contributed by atoms with Crippen LogP contribution in [0.2, 0.25) is 0 Å². The number of nitriles is 1. The Hall–Kier alpha value is -1.47. The number of nitrogens with one attached hydrogen (secondary N) is 1. The minimum absolute atomic E-state index is 0.0163. The van der Waals surface area contributed by atoms with Crippen LogP contribution in [-0.2, 0) is 6.54 Å². The highest BCUT2D eigenvalue weighted by atomic mass is 19.1. The van der Waals surface area contributed by atoms with Crippen LogP contribution in [0.1, 0.15) is 50.2 Å². The molecular weight excluding hydrogens is 246 g/mol. The summed E-state index contributed by atoms with van der Waals surface area (Å²) in [5, 5.41) is 11.9. The average molecular weight is 264 g/mol. The first-order chi connectivity index (χ1) is 9.04. The normalized spacial score (nSPS) is 18.0. The van der Waals surface area contributed by atoms with E-state index in [0.29, 0.717) is 0 Å². The molecule has 4 heteroatoms. The SMILES string of the molecule is CC1(NCc2c(F)cc(C#N)cc2F)CCCCC1. The van der Waals surface area contributed by atoms with Crippen LogP contribution in [0.4, 0.5) is 8.78 Å². The Morgan fingerprint density at radius 3 is 2.32 bits per heavy atom. The van der Waals surface area contributed by atoms with Gasteiger partial charge in [-0.15, -0.1) is 0 Å². The minimum atomic E-state index is -0.650. The summed E-state index contributed by atoms with van der Waals surface area (Å²) < 4.78 is 27.5. The van der Waals surface area contributed by atoms with Crippen molar-refractivity contribution in [1.82, 2.24) is 5.32 Å². The van der Waals surface area contributed by atoms with E-state index in [2.05, 4.69) is 12.2 Å². The second-order valence-electron chi connectivity index (χ2n) is 5.51. The van der Waals surface area contributed by atoms with Crippen molar-refractivity contribution in [1.29, 1.82) is 5.26 Å². The summed E-state index contributed by atoms with van der Waals surface area (Å²) >= 11 is 0. The summed E-state index contributed by atoms with van der Waals surface area (Å²) in [5.74, 6) is -1.30. The number of halogens is 2. The average Bonchev–Trinajstić information content (AvgIpc) is 2.38. The van der Waals surface area contributed by atoms with Crippen LogP contribution in [0.25, 0.3) is 0 Å². The Morgan fingerprint density at radius 1 is 1.21 bits per heavy atom. The Balaban J connectivity index is 2.09. The van der Waals surface area contributed by atoms with Crippen molar-refractivity contribution >= 4 is 0 Å². The predicted molar refractivity (Wildman–Crippen MR) is 69.4 cm³/mol. The van der Waals surface area contributed by atoms with E-state index >= 15 is 0 Å². The van der Waals surface area contributed by atoms with Gasteiger partial charge in [0, 0.05) is 17.6 Å². The standard InChI is InChI=1S/C15H18F2N2/c1-15(5-3-2-4-6-15)19-10-12-13(16)7-11(9-18)8-14(12)17/h7-8,19H,2-6,10H2,1H3. The zero-order chi connectivity index (χ0) is 13.9. The lowest BCUT2D eigenvalue weighted by Crippen LogP contribution is -2.43. The summed E-state index contributed by atoms with van der Waals surface area (Å²) in [7, 11) is 0. The van der Waals surface area contributed by atoms with E-state index < -0.39 is 11.6 Å². The van der Waals surface area contributed by atoms with Gasteiger partial charge in [0.25, 0.3) is 0 Å². The molecule has 0 amide bonds. The van der Waals surface area contributed by atoms with E-state index in [1.807, 2.05) is 0 Å². The van der Waals surface area contributed by atoms with Crippen molar-refractivity contribution in [3.63, 3.8) is 0 Å². The maximum absolute atomic E-state index is 13.7. The van der Waals surface area contributed by atoms with Crippen LogP contribution < -0.4 is 5.32 Å². The van der Waals surface area contributed by atoms with Crippen molar-refractivity contribution in [2.75, 3.05) is 0 Å². The van der Waals surface area contributed by atoms with Gasteiger partial charge >= 0.3 is 0 Å². The molecule has 102 valence electrons. The third-order valence-corrected chi connectivity index (χ3v) is 3.92. The quantitative estimate of drug-likeness (QED) is 0.904. The first kappa shape index (κ1) is 14.0. The fourth-order valence-electron chi connectivity index (χ4n) is 2.65. The van der Waals surface area contributed by atoms with Crippen molar-refractivity contribution in [2.45, 2.75) is 51.1 Å². The molecule has 0 unspecified atom stereocenters. The van der Waals surface area contributed by atoms with Gasteiger partial charge in [0.1, 0.15) is 11.6 Å². The number of hydrogen-bond acceptors (Lipinski definition) is 2. The highest BCUT2D eigenvalue weighted by Gasteiger charge is 2.26. The predicted octanol–water partition coefficient (Wildman–Crippen LogP) is 3.65. The molecule has 1 aliphatic rings. The molecule has 2 rings (SSSR count). The molecule has 0 radical (unpaired) electrons. The minimum Gasteiger partial charge on any atom is -0.307 e. The third kappa shape index (κ3) is 3.30. The Morgan fingerprint density at radius 2 is 1.79 bits per heavy atom. The summed E-state index contributed by atoms with van der Waals surface area (Å²) in [4.78, 5) is 0. The monoisotopic (exact) mass is 264 g/mol. The molecule has 0 aromatic heterocycles. The molecular formula is C15H18F2N2. The number of nitrogens with zero attached hydrogens (tertiary/aromatic N) is 1. The second kappa shape index (κ2) is 5.66. The Labute approximate surface area is 112 Å². The number of hydrogen-bond donors (Lipinski definition) is 1. The molecule has 0 aliphatic heterocycles. The molecule has 1 aliphatic carbocycles. The van der Waals surface area contributed by atoms with Crippen molar-refractivity contribution in [2.24, 2.45) is 0 Å². The molecule has 19 heavy (non-hydrogen) atoms. The molecule has 0 bridgehead atoms. The van der Waals surface area contributed by atoms with Crippen LogP contribution >= 0.6 is 0 Å². The smallest absolute Gasteiger partial charge is 0.131 e. The first-order valence-electron chi connectivity index (χ1n) is 6.67. The van der Waals surface area contributed by atoms with Crippen LogP contribution in [-0.4, -0.2) is 5.54 Å². The van der Waals surface area contributed by atoms with E-state index in [1.54, 1.807) is 6.07 Å². The molecule has 1 fully saturated rings. The number of benzene rings is 1. The largest absolute Gasteiger partial charge is 0.307 e. The Bertz CT molecular complexity index is 476. The first-order valence-corrected chi connectivity index (χ1v) is 6.67.